The van der Waals surface area contributed by atoms with Gasteiger partial charge >= 0.3 is 0 Å². The third-order valence-electron chi connectivity index (χ3n) is 10.1. The molecule has 3 nitrogen and oxygen atoms in total. The fourth-order valence-corrected chi connectivity index (χ4v) is 7.47. The third-order valence-corrected chi connectivity index (χ3v) is 10.1. The Labute approximate surface area is 301 Å². The Bertz CT molecular complexity index is 2970. The van der Waals surface area contributed by atoms with Crippen LogP contribution in [0.3, 0.4) is 0 Å². The molecule has 0 amide bonds. The molecule has 0 unspecified atom stereocenters. The molecular formula is C49H31N3. The summed E-state index contributed by atoms with van der Waals surface area (Å²) in [7, 11) is 0. The van der Waals surface area contributed by atoms with Gasteiger partial charge in [-0.15, -0.1) is 0 Å². The summed E-state index contributed by atoms with van der Waals surface area (Å²) in [6.45, 7) is 0. The molecule has 0 spiro atoms. The fourth-order valence-electron chi connectivity index (χ4n) is 7.47. The molecule has 1 heterocycles. The molecule has 0 saturated heterocycles. The molecular weight excluding hydrogens is 631 g/mol. The molecule has 9 aromatic carbocycles. The average Bonchev–Trinajstić information content (AvgIpc) is 3.23. The van der Waals surface area contributed by atoms with Crippen molar-refractivity contribution in [3.63, 3.8) is 0 Å². The molecule has 10 rings (SSSR count). The Balaban J connectivity index is 1.11. The summed E-state index contributed by atoms with van der Waals surface area (Å²) in [5, 5.41) is 9.54. The summed E-state index contributed by atoms with van der Waals surface area (Å²) in [6.07, 6.45) is 0. The predicted octanol–water partition coefficient (Wildman–Crippen LogP) is 12.8. The van der Waals surface area contributed by atoms with Gasteiger partial charge in [-0.1, -0.05) is 170 Å². The number of nitrogens with zero attached hydrogens (tertiary/aromatic N) is 3. The van der Waals surface area contributed by atoms with Gasteiger partial charge in [-0.3, -0.25) is 0 Å². The van der Waals surface area contributed by atoms with E-state index in [-0.39, 0.29) is 0 Å². The van der Waals surface area contributed by atoms with Gasteiger partial charge in [0.2, 0.25) is 0 Å². The second-order valence-corrected chi connectivity index (χ2v) is 13.2. The highest BCUT2D eigenvalue weighted by Gasteiger charge is 2.18. The van der Waals surface area contributed by atoms with Crippen molar-refractivity contribution in [1.29, 1.82) is 0 Å². The molecule has 1 aromatic heterocycles. The van der Waals surface area contributed by atoms with Crippen LogP contribution in [0.25, 0.3) is 99.5 Å². The van der Waals surface area contributed by atoms with Crippen LogP contribution in [0.5, 0.6) is 0 Å². The summed E-state index contributed by atoms with van der Waals surface area (Å²) < 4.78 is 0. The molecule has 10 aromatic rings. The summed E-state index contributed by atoms with van der Waals surface area (Å²) in [6, 6.07) is 66.5. The Morgan fingerprint density at radius 3 is 1.52 bits per heavy atom. The quantitative estimate of drug-likeness (QED) is 0.172. The van der Waals surface area contributed by atoms with E-state index in [0.717, 1.165) is 38.6 Å². The molecule has 3 heteroatoms. The number of hydrogen-bond donors (Lipinski definition) is 0. The van der Waals surface area contributed by atoms with Gasteiger partial charge < -0.3 is 0 Å². The number of fused-ring (bicyclic) bond motifs is 5. The van der Waals surface area contributed by atoms with E-state index in [1.807, 2.05) is 18.2 Å². The number of aromatic nitrogens is 3. The first-order valence-electron chi connectivity index (χ1n) is 17.6. The second kappa shape index (κ2) is 12.4. The van der Waals surface area contributed by atoms with E-state index in [9.17, 15) is 0 Å². The van der Waals surface area contributed by atoms with Crippen molar-refractivity contribution >= 4 is 43.1 Å². The highest BCUT2D eigenvalue weighted by Crippen LogP contribution is 2.37. The van der Waals surface area contributed by atoms with Crippen LogP contribution in [0.2, 0.25) is 0 Å². The lowest BCUT2D eigenvalue weighted by atomic mass is 9.94. The standard InChI is InChI=1S/C49H31N3/c1-2-13-35(14-3-1)47-50-48(52-49(51-47)45-20-10-16-34-23-22-33-12-6-7-18-43(33)46(34)45)44-19-9-8-17-42(44)41-28-27-39-30-38(25-26-40(39)31-41)37-24-21-32-11-4-5-15-36(32)29-37/h1-31H. The van der Waals surface area contributed by atoms with E-state index in [1.54, 1.807) is 0 Å². The summed E-state index contributed by atoms with van der Waals surface area (Å²) >= 11 is 0. The minimum Gasteiger partial charge on any atom is -0.208 e. The Morgan fingerprint density at radius 1 is 0.250 bits per heavy atom. The highest BCUT2D eigenvalue weighted by atomic mass is 15.0. The van der Waals surface area contributed by atoms with Crippen LogP contribution in [0, 0.1) is 0 Å². The molecule has 0 saturated carbocycles. The molecule has 0 N–H and O–H groups in total. The Hall–Kier alpha value is -6.97. The van der Waals surface area contributed by atoms with Crippen molar-refractivity contribution in [2.45, 2.75) is 0 Å². The maximum Gasteiger partial charge on any atom is 0.164 e. The molecule has 0 bridgehead atoms. The molecule has 0 radical (unpaired) electrons. The van der Waals surface area contributed by atoms with E-state index in [1.165, 1.54) is 43.4 Å². The first-order chi connectivity index (χ1) is 25.7. The van der Waals surface area contributed by atoms with Crippen molar-refractivity contribution in [3.8, 4) is 56.4 Å². The van der Waals surface area contributed by atoms with Gasteiger partial charge in [0.1, 0.15) is 0 Å². The second-order valence-electron chi connectivity index (χ2n) is 13.2. The van der Waals surface area contributed by atoms with Gasteiger partial charge in [0.25, 0.3) is 0 Å². The first kappa shape index (κ1) is 29.9. The lowest BCUT2D eigenvalue weighted by Gasteiger charge is -2.14. The summed E-state index contributed by atoms with van der Waals surface area (Å²) in [4.78, 5) is 15.5. The molecule has 0 aliphatic carbocycles. The smallest absolute Gasteiger partial charge is 0.164 e. The first-order valence-corrected chi connectivity index (χ1v) is 17.6. The average molecular weight is 662 g/mol. The van der Waals surface area contributed by atoms with Crippen LogP contribution in [0.4, 0.5) is 0 Å². The summed E-state index contributed by atoms with van der Waals surface area (Å²) in [5.41, 5.74) is 7.50. The van der Waals surface area contributed by atoms with Gasteiger partial charge in [0.15, 0.2) is 17.5 Å². The number of hydrogen-bond acceptors (Lipinski definition) is 3. The zero-order chi connectivity index (χ0) is 34.4. The van der Waals surface area contributed by atoms with E-state index < -0.39 is 0 Å². The van der Waals surface area contributed by atoms with Crippen molar-refractivity contribution in [3.05, 3.63) is 188 Å². The maximum atomic E-state index is 5.25. The monoisotopic (exact) mass is 661 g/mol. The maximum absolute atomic E-state index is 5.25. The normalized spacial score (nSPS) is 11.5. The lowest BCUT2D eigenvalue weighted by Crippen LogP contribution is -2.01. The van der Waals surface area contributed by atoms with Crippen molar-refractivity contribution in [1.82, 2.24) is 15.0 Å². The minimum absolute atomic E-state index is 0.642. The van der Waals surface area contributed by atoms with Crippen LogP contribution >= 0.6 is 0 Å². The highest BCUT2D eigenvalue weighted by molar-refractivity contribution is 6.13. The Morgan fingerprint density at radius 2 is 0.731 bits per heavy atom. The minimum atomic E-state index is 0.642. The van der Waals surface area contributed by atoms with Crippen LogP contribution in [0.1, 0.15) is 0 Å². The predicted molar refractivity (Wildman–Crippen MR) is 217 cm³/mol. The largest absolute Gasteiger partial charge is 0.208 e. The van der Waals surface area contributed by atoms with Gasteiger partial charge in [-0.05, 0) is 78.2 Å². The van der Waals surface area contributed by atoms with Gasteiger partial charge in [-0.2, -0.15) is 0 Å². The van der Waals surface area contributed by atoms with E-state index >= 15 is 0 Å². The zero-order valence-corrected chi connectivity index (χ0v) is 28.2. The van der Waals surface area contributed by atoms with Crippen LogP contribution in [0.15, 0.2) is 188 Å². The topological polar surface area (TPSA) is 38.7 Å². The molecule has 242 valence electrons. The molecule has 0 fully saturated rings. The number of rotatable bonds is 5. The Kier molecular flexibility index (Phi) is 7.14. The van der Waals surface area contributed by atoms with Gasteiger partial charge in [-0.25, -0.2) is 15.0 Å². The fraction of sp³-hybridized carbons (Fsp3) is 0. The van der Waals surface area contributed by atoms with Gasteiger partial charge in [0, 0.05) is 22.1 Å². The SMILES string of the molecule is c1ccc(-c2nc(-c3ccccc3-c3ccc4cc(-c5ccc6ccccc6c5)ccc4c3)nc(-c3cccc4ccc5ccccc5c34)n2)cc1. The molecule has 52 heavy (non-hydrogen) atoms. The van der Waals surface area contributed by atoms with Gasteiger partial charge in [0.05, 0.1) is 0 Å². The molecule has 0 aliphatic rings. The van der Waals surface area contributed by atoms with Crippen LogP contribution in [-0.2, 0) is 0 Å². The van der Waals surface area contributed by atoms with Crippen molar-refractivity contribution in [2.24, 2.45) is 0 Å². The summed E-state index contributed by atoms with van der Waals surface area (Å²) in [5.74, 6) is 1.94. The number of benzene rings is 9. The van der Waals surface area contributed by atoms with E-state index in [4.69, 9.17) is 15.0 Å². The van der Waals surface area contributed by atoms with Crippen LogP contribution in [-0.4, -0.2) is 15.0 Å². The van der Waals surface area contributed by atoms with E-state index in [0.29, 0.717) is 17.5 Å². The van der Waals surface area contributed by atoms with Crippen LogP contribution < -0.4 is 0 Å². The molecule has 0 atom stereocenters. The zero-order valence-electron chi connectivity index (χ0n) is 28.2. The van der Waals surface area contributed by atoms with Crippen molar-refractivity contribution in [2.75, 3.05) is 0 Å². The lowest BCUT2D eigenvalue weighted by molar-refractivity contribution is 1.08. The third kappa shape index (κ3) is 5.28. The van der Waals surface area contributed by atoms with Crippen molar-refractivity contribution < 1.29 is 0 Å². The van der Waals surface area contributed by atoms with E-state index in [2.05, 4.69) is 170 Å². The molecule has 0 aliphatic heterocycles.